The highest BCUT2D eigenvalue weighted by Gasteiger charge is 2.21. The molecule has 0 aliphatic rings. The Balaban J connectivity index is 2.28. The fourth-order valence-corrected chi connectivity index (χ4v) is 2.40. The molecule has 122 valence electrons. The Kier molecular flexibility index (Phi) is 5.16. The lowest BCUT2D eigenvalue weighted by molar-refractivity contribution is -0.145. The van der Waals surface area contributed by atoms with Gasteiger partial charge in [0, 0.05) is 19.0 Å². The zero-order valence-corrected chi connectivity index (χ0v) is 13.7. The molecular weight excluding hydrogens is 296 g/mol. The SMILES string of the molecule is COC(=O)C(C)CN(C)C(=O)c1cc2ccccc2c(OC)n1. The fourth-order valence-electron chi connectivity index (χ4n) is 2.40. The second-order valence-electron chi connectivity index (χ2n) is 5.35. The predicted molar refractivity (Wildman–Crippen MR) is 86.4 cm³/mol. The van der Waals surface area contributed by atoms with Gasteiger partial charge in [-0.05, 0) is 17.5 Å². The number of benzene rings is 1. The van der Waals surface area contributed by atoms with Crippen LogP contribution in [0.2, 0.25) is 0 Å². The first kappa shape index (κ1) is 16.7. The highest BCUT2D eigenvalue weighted by atomic mass is 16.5. The van der Waals surface area contributed by atoms with Gasteiger partial charge in [-0.15, -0.1) is 0 Å². The molecule has 6 nitrogen and oxygen atoms in total. The number of nitrogens with zero attached hydrogens (tertiary/aromatic N) is 2. The van der Waals surface area contributed by atoms with Gasteiger partial charge in [-0.3, -0.25) is 9.59 Å². The number of hydrogen-bond acceptors (Lipinski definition) is 5. The first-order chi connectivity index (χ1) is 11.0. The van der Waals surface area contributed by atoms with Crippen molar-refractivity contribution in [2.45, 2.75) is 6.92 Å². The molecule has 0 aliphatic carbocycles. The molecule has 23 heavy (non-hydrogen) atoms. The number of methoxy groups -OCH3 is 2. The monoisotopic (exact) mass is 316 g/mol. The Labute approximate surface area is 135 Å². The largest absolute Gasteiger partial charge is 0.481 e. The van der Waals surface area contributed by atoms with Crippen LogP contribution in [0.3, 0.4) is 0 Å². The number of carbonyl (C=O) groups excluding carboxylic acids is 2. The lowest BCUT2D eigenvalue weighted by Crippen LogP contribution is -2.34. The van der Waals surface area contributed by atoms with Crippen LogP contribution >= 0.6 is 0 Å². The molecule has 2 rings (SSSR count). The van der Waals surface area contributed by atoms with Crippen LogP contribution in [0, 0.1) is 5.92 Å². The molecule has 0 aliphatic heterocycles. The third-order valence-electron chi connectivity index (χ3n) is 3.62. The summed E-state index contributed by atoms with van der Waals surface area (Å²) < 4.78 is 9.96. The predicted octanol–water partition coefficient (Wildman–Crippen LogP) is 2.12. The van der Waals surface area contributed by atoms with Crippen LogP contribution < -0.4 is 4.74 Å². The summed E-state index contributed by atoms with van der Waals surface area (Å²) in [5.41, 5.74) is 0.278. The molecule has 1 heterocycles. The van der Waals surface area contributed by atoms with Crippen LogP contribution in [0.1, 0.15) is 17.4 Å². The quantitative estimate of drug-likeness (QED) is 0.790. The molecule has 0 saturated carbocycles. The van der Waals surface area contributed by atoms with E-state index in [4.69, 9.17) is 4.74 Å². The van der Waals surface area contributed by atoms with Crippen molar-refractivity contribution >= 4 is 22.6 Å². The van der Waals surface area contributed by atoms with E-state index in [1.165, 1.54) is 19.1 Å². The molecule has 0 fully saturated rings. The Bertz CT molecular complexity index is 730. The van der Waals surface area contributed by atoms with E-state index in [9.17, 15) is 9.59 Å². The summed E-state index contributed by atoms with van der Waals surface area (Å²) in [4.78, 5) is 29.8. The van der Waals surface area contributed by atoms with Crippen molar-refractivity contribution in [3.8, 4) is 5.88 Å². The van der Waals surface area contributed by atoms with Crippen molar-refractivity contribution in [1.29, 1.82) is 0 Å². The molecule has 1 aromatic carbocycles. The van der Waals surface area contributed by atoms with Gasteiger partial charge >= 0.3 is 5.97 Å². The summed E-state index contributed by atoms with van der Waals surface area (Å²) in [5, 5.41) is 1.72. The summed E-state index contributed by atoms with van der Waals surface area (Å²) in [5.74, 6) is -0.629. The first-order valence-electron chi connectivity index (χ1n) is 7.25. The first-order valence-corrected chi connectivity index (χ1v) is 7.25. The van der Waals surface area contributed by atoms with E-state index in [1.54, 1.807) is 20.0 Å². The van der Waals surface area contributed by atoms with Gasteiger partial charge in [0.05, 0.1) is 20.1 Å². The second kappa shape index (κ2) is 7.09. The highest BCUT2D eigenvalue weighted by molar-refractivity contribution is 5.98. The number of carbonyl (C=O) groups is 2. The lowest BCUT2D eigenvalue weighted by Gasteiger charge is -2.20. The van der Waals surface area contributed by atoms with E-state index < -0.39 is 5.92 Å². The normalized spacial score (nSPS) is 11.8. The summed E-state index contributed by atoms with van der Waals surface area (Å²) in [7, 11) is 4.48. The van der Waals surface area contributed by atoms with Crippen molar-refractivity contribution in [3.05, 3.63) is 36.0 Å². The van der Waals surface area contributed by atoms with E-state index in [0.29, 0.717) is 5.88 Å². The van der Waals surface area contributed by atoms with Gasteiger partial charge in [0.25, 0.3) is 5.91 Å². The number of aromatic nitrogens is 1. The average molecular weight is 316 g/mol. The van der Waals surface area contributed by atoms with Gasteiger partial charge < -0.3 is 14.4 Å². The third-order valence-corrected chi connectivity index (χ3v) is 3.62. The molecule has 0 bridgehead atoms. The Hall–Kier alpha value is -2.63. The van der Waals surface area contributed by atoms with Crippen molar-refractivity contribution in [1.82, 2.24) is 9.88 Å². The third kappa shape index (κ3) is 3.59. The Morgan fingerprint density at radius 3 is 2.61 bits per heavy atom. The van der Waals surface area contributed by atoms with Crippen LogP contribution in [0.25, 0.3) is 10.8 Å². The summed E-state index contributed by atoms with van der Waals surface area (Å²) in [6.45, 7) is 1.96. The molecule has 6 heteroatoms. The average Bonchev–Trinajstić information content (AvgIpc) is 2.58. The lowest BCUT2D eigenvalue weighted by atomic mass is 10.1. The molecule has 1 amide bonds. The Morgan fingerprint density at radius 1 is 1.26 bits per heavy atom. The van der Waals surface area contributed by atoms with E-state index in [-0.39, 0.29) is 24.1 Å². The molecule has 1 unspecified atom stereocenters. The van der Waals surface area contributed by atoms with E-state index >= 15 is 0 Å². The van der Waals surface area contributed by atoms with Crippen molar-refractivity contribution in [2.24, 2.45) is 5.92 Å². The van der Waals surface area contributed by atoms with Crippen LogP contribution in [-0.2, 0) is 9.53 Å². The zero-order chi connectivity index (χ0) is 17.0. The minimum absolute atomic E-state index is 0.252. The van der Waals surface area contributed by atoms with Crippen LogP contribution in [0.4, 0.5) is 0 Å². The number of amides is 1. The van der Waals surface area contributed by atoms with Crippen molar-refractivity contribution in [3.63, 3.8) is 0 Å². The van der Waals surface area contributed by atoms with Gasteiger partial charge in [0.2, 0.25) is 5.88 Å². The Morgan fingerprint density at radius 2 is 1.96 bits per heavy atom. The van der Waals surface area contributed by atoms with Gasteiger partial charge in [0.15, 0.2) is 0 Å². The number of pyridine rings is 1. The van der Waals surface area contributed by atoms with Crippen LogP contribution in [0.15, 0.2) is 30.3 Å². The van der Waals surface area contributed by atoms with Crippen LogP contribution in [-0.4, -0.2) is 49.6 Å². The molecule has 0 radical (unpaired) electrons. The number of rotatable bonds is 5. The van der Waals surface area contributed by atoms with Crippen LogP contribution in [0.5, 0.6) is 5.88 Å². The molecule has 1 aromatic heterocycles. The number of hydrogen-bond donors (Lipinski definition) is 0. The van der Waals surface area contributed by atoms with Gasteiger partial charge in [0.1, 0.15) is 5.69 Å². The fraction of sp³-hybridized carbons (Fsp3) is 0.353. The smallest absolute Gasteiger partial charge is 0.310 e. The van der Waals surface area contributed by atoms with Crippen molar-refractivity contribution in [2.75, 3.05) is 27.8 Å². The minimum atomic E-state index is -0.406. The maximum Gasteiger partial charge on any atom is 0.310 e. The van der Waals surface area contributed by atoms with E-state index in [0.717, 1.165) is 10.8 Å². The molecule has 0 spiro atoms. The summed E-state index contributed by atoms with van der Waals surface area (Å²) >= 11 is 0. The van der Waals surface area contributed by atoms with Crippen molar-refractivity contribution < 1.29 is 19.1 Å². The zero-order valence-electron chi connectivity index (χ0n) is 13.7. The van der Waals surface area contributed by atoms with E-state index in [1.807, 2.05) is 24.3 Å². The molecule has 2 aromatic rings. The number of fused-ring (bicyclic) bond motifs is 1. The van der Waals surface area contributed by atoms with E-state index in [2.05, 4.69) is 9.72 Å². The molecule has 0 N–H and O–H groups in total. The summed E-state index contributed by atoms with van der Waals surface area (Å²) in [6, 6.07) is 9.28. The maximum atomic E-state index is 12.6. The molecule has 1 atom stereocenters. The maximum absolute atomic E-state index is 12.6. The second-order valence-corrected chi connectivity index (χ2v) is 5.35. The highest BCUT2D eigenvalue weighted by Crippen LogP contribution is 2.24. The standard InChI is InChI=1S/C17H20N2O4/c1-11(17(21)23-4)10-19(2)16(20)14-9-12-7-5-6-8-13(12)15(18-14)22-3/h5-9,11H,10H2,1-4H3. The number of esters is 1. The van der Waals surface area contributed by atoms with Gasteiger partial charge in [-0.2, -0.15) is 0 Å². The number of ether oxygens (including phenoxy) is 2. The van der Waals surface area contributed by atoms with Gasteiger partial charge in [-0.1, -0.05) is 25.1 Å². The summed E-state index contributed by atoms with van der Waals surface area (Å²) in [6.07, 6.45) is 0. The minimum Gasteiger partial charge on any atom is -0.481 e. The topological polar surface area (TPSA) is 68.7 Å². The molecular formula is C17H20N2O4. The molecule has 0 saturated heterocycles. The van der Waals surface area contributed by atoms with Gasteiger partial charge in [-0.25, -0.2) is 4.98 Å².